The van der Waals surface area contributed by atoms with Crippen LogP contribution in [-0.2, 0) is 10.2 Å². The first-order valence-electron chi connectivity index (χ1n) is 6.21. The third-order valence-electron chi connectivity index (χ3n) is 3.73. The van der Waals surface area contributed by atoms with Crippen LogP contribution in [0.25, 0.3) is 0 Å². The fraction of sp³-hybridized carbons (Fsp3) is 0.500. The molecule has 1 unspecified atom stereocenters. The van der Waals surface area contributed by atoms with Gasteiger partial charge >= 0.3 is 0 Å². The number of carbonyl (C=O) groups excluding carboxylic acids is 1. The number of hydrogen-bond acceptors (Lipinski definition) is 2. The topological polar surface area (TPSA) is 40.5 Å². The summed E-state index contributed by atoms with van der Waals surface area (Å²) in [7, 11) is 1.86. The van der Waals surface area contributed by atoms with Crippen molar-refractivity contribution in [3.8, 4) is 5.75 Å². The van der Waals surface area contributed by atoms with Gasteiger partial charge in [0.05, 0.1) is 5.41 Å². The standard InChI is InChI=1S/C14H18BrNO2/c1-16-8-3-2-7-14(10-15,13(16)18)11-5-4-6-12(17)9-11/h4-6,9,17H,2-3,7-8,10H2,1H3. The number of hydrogen-bond donors (Lipinski definition) is 1. The molecule has 1 atom stereocenters. The number of nitrogens with zero attached hydrogens (tertiary/aromatic N) is 1. The molecule has 0 spiro atoms. The fourth-order valence-corrected chi connectivity index (χ4v) is 3.47. The Bertz CT molecular complexity index is 449. The van der Waals surface area contributed by atoms with Crippen molar-refractivity contribution < 1.29 is 9.90 Å². The molecule has 18 heavy (non-hydrogen) atoms. The van der Waals surface area contributed by atoms with Crippen LogP contribution in [0.1, 0.15) is 24.8 Å². The van der Waals surface area contributed by atoms with Gasteiger partial charge in [-0.15, -0.1) is 0 Å². The van der Waals surface area contributed by atoms with Gasteiger partial charge in [-0.2, -0.15) is 0 Å². The molecule has 4 heteroatoms. The lowest BCUT2D eigenvalue weighted by Crippen LogP contribution is -2.45. The summed E-state index contributed by atoms with van der Waals surface area (Å²) in [4.78, 5) is 14.4. The summed E-state index contributed by atoms with van der Waals surface area (Å²) in [5.74, 6) is 0.356. The van der Waals surface area contributed by atoms with Crippen LogP contribution in [0.3, 0.4) is 0 Å². The number of aromatic hydroxyl groups is 1. The number of benzene rings is 1. The van der Waals surface area contributed by atoms with Crippen LogP contribution in [0.4, 0.5) is 0 Å². The maximum Gasteiger partial charge on any atom is 0.233 e. The summed E-state index contributed by atoms with van der Waals surface area (Å²) in [6.45, 7) is 0.812. The Morgan fingerprint density at radius 3 is 2.89 bits per heavy atom. The van der Waals surface area contributed by atoms with E-state index in [0.717, 1.165) is 31.4 Å². The van der Waals surface area contributed by atoms with E-state index in [1.54, 1.807) is 23.1 Å². The lowest BCUT2D eigenvalue weighted by Gasteiger charge is -2.32. The number of alkyl halides is 1. The first kappa shape index (κ1) is 13.4. The number of phenolic OH excluding ortho intramolecular Hbond substituents is 1. The predicted molar refractivity (Wildman–Crippen MR) is 75.1 cm³/mol. The SMILES string of the molecule is CN1CCCCC(CBr)(c2cccc(O)c2)C1=O. The van der Waals surface area contributed by atoms with Crippen LogP contribution in [-0.4, -0.2) is 34.8 Å². The van der Waals surface area contributed by atoms with E-state index in [2.05, 4.69) is 15.9 Å². The average Bonchev–Trinajstić information content (AvgIpc) is 2.51. The maximum atomic E-state index is 12.6. The van der Waals surface area contributed by atoms with E-state index in [-0.39, 0.29) is 11.7 Å². The molecule has 1 aliphatic heterocycles. The molecule has 1 aromatic rings. The molecule has 1 amide bonds. The Hall–Kier alpha value is -1.03. The minimum Gasteiger partial charge on any atom is -0.508 e. The normalized spacial score (nSPS) is 25.0. The maximum absolute atomic E-state index is 12.6. The Morgan fingerprint density at radius 2 is 2.22 bits per heavy atom. The van der Waals surface area contributed by atoms with Crippen molar-refractivity contribution in [3.05, 3.63) is 29.8 Å². The first-order chi connectivity index (χ1) is 8.60. The smallest absolute Gasteiger partial charge is 0.233 e. The van der Waals surface area contributed by atoms with Gasteiger partial charge in [0, 0.05) is 18.9 Å². The summed E-state index contributed by atoms with van der Waals surface area (Å²) in [6, 6.07) is 7.07. The van der Waals surface area contributed by atoms with Gasteiger partial charge in [0.1, 0.15) is 5.75 Å². The Balaban J connectivity index is 2.48. The molecule has 1 N–H and O–H groups in total. The third-order valence-corrected chi connectivity index (χ3v) is 4.69. The fourth-order valence-electron chi connectivity index (χ4n) is 2.62. The van der Waals surface area contributed by atoms with Crippen molar-refractivity contribution >= 4 is 21.8 Å². The van der Waals surface area contributed by atoms with Crippen molar-refractivity contribution in [2.75, 3.05) is 18.9 Å². The van der Waals surface area contributed by atoms with Crippen molar-refractivity contribution in [1.29, 1.82) is 0 Å². The second-order valence-corrected chi connectivity index (χ2v) is 5.51. The molecule has 0 aromatic heterocycles. The summed E-state index contributed by atoms with van der Waals surface area (Å²) >= 11 is 3.50. The van der Waals surface area contributed by atoms with Gasteiger partial charge < -0.3 is 10.0 Å². The van der Waals surface area contributed by atoms with E-state index in [4.69, 9.17) is 0 Å². The molecule has 1 aliphatic rings. The quantitative estimate of drug-likeness (QED) is 0.853. The van der Waals surface area contributed by atoms with Crippen LogP contribution in [0, 0.1) is 0 Å². The van der Waals surface area contributed by atoms with Gasteiger partial charge in [-0.3, -0.25) is 4.79 Å². The largest absolute Gasteiger partial charge is 0.508 e. The molecule has 0 radical (unpaired) electrons. The molecule has 1 heterocycles. The van der Waals surface area contributed by atoms with E-state index in [1.807, 2.05) is 13.1 Å². The number of phenols is 1. The molecule has 1 aromatic carbocycles. The van der Waals surface area contributed by atoms with E-state index in [0.29, 0.717) is 5.33 Å². The van der Waals surface area contributed by atoms with E-state index in [9.17, 15) is 9.90 Å². The molecule has 98 valence electrons. The summed E-state index contributed by atoms with van der Waals surface area (Å²) < 4.78 is 0. The summed E-state index contributed by atoms with van der Waals surface area (Å²) in [6.07, 6.45) is 2.89. The molecule has 1 saturated heterocycles. The Labute approximate surface area is 116 Å². The number of halogens is 1. The van der Waals surface area contributed by atoms with E-state index < -0.39 is 5.41 Å². The lowest BCUT2D eigenvalue weighted by molar-refractivity contribution is -0.134. The summed E-state index contributed by atoms with van der Waals surface area (Å²) in [5, 5.41) is 10.2. The Morgan fingerprint density at radius 1 is 1.44 bits per heavy atom. The average molecular weight is 312 g/mol. The third kappa shape index (κ3) is 2.26. The molecule has 0 aliphatic carbocycles. The van der Waals surface area contributed by atoms with E-state index in [1.165, 1.54) is 0 Å². The zero-order chi connectivity index (χ0) is 13.2. The highest BCUT2D eigenvalue weighted by Crippen LogP contribution is 2.37. The highest BCUT2D eigenvalue weighted by atomic mass is 79.9. The van der Waals surface area contributed by atoms with E-state index >= 15 is 0 Å². The van der Waals surface area contributed by atoms with Crippen molar-refractivity contribution in [1.82, 2.24) is 4.90 Å². The van der Waals surface area contributed by atoms with Gasteiger partial charge in [-0.1, -0.05) is 34.5 Å². The zero-order valence-corrected chi connectivity index (χ0v) is 12.1. The van der Waals surface area contributed by atoms with Crippen molar-refractivity contribution in [2.24, 2.45) is 0 Å². The highest BCUT2D eigenvalue weighted by Gasteiger charge is 2.42. The van der Waals surface area contributed by atoms with Gasteiger partial charge in [0.25, 0.3) is 0 Å². The molecular weight excluding hydrogens is 294 g/mol. The monoisotopic (exact) mass is 311 g/mol. The van der Waals surface area contributed by atoms with Gasteiger partial charge in [-0.05, 0) is 30.5 Å². The van der Waals surface area contributed by atoms with Crippen molar-refractivity contribution in [3.63, 3.8) is 0 Å². The van der Waals surface area contributed by atoms with Crippen LogP contribution in [0.5, 0.6) is 5.75 Å². The molecule has 0 saturated carbocycles. The minimum absolute atomic E-state index is 0.141. The minimum atomic E-state index is -0.538. The number of amides is 1. The molecule has 2 rings (SSSR count). The molecule has 1 fully saturated rings. The van der Waals surface area contributed by atoms with Crippen LogP contribution >= 0.6 is 15.9 Å². The lowest BCUT2D eigenvalue weighted by atomic mass is 9.77. The highest BCUT2D eigenvalue weighted by molar-refractivity contribution is 9.09. The Kier molecular flexibility index (Phi) is 3.95. The zero-order valence-electron chi connectivity index (χ0n) is 10.5. The van der Waals surface area contributed by atoms with Crippen LogP contribution < -0.4 is 0 Å². The first-order valence-corrected chi connectivity index (χ1v) is 7.33. The second-order valence-electron chi connectivity index (χ2n) is 4.95. The van der Waals surface area contributed by atoms with Gasteiger partial charge in [0.2, 0.25) is 5.91 Å². The number of likely N-dealkylation sites (N-methyl/N-ethyl adjacent to an activating group) is 1. The van der Waals surface area contributed by atoms with Crippen molar-refractivity contribution in [2.45, 2.75) is 24.7 Å². The summed E-state index contributed by atoms with van der Waals surface area (Å²) in [5.41, 5.74) is 0.363. The number of likely N-dealkylation sites (tertiary alicyclic amines) is 1. The van der Waals surface area contributed by atoms with Gasteiger partial charge in [-0.25, -0.2) is 0 Å². The molecule has 3 nitrogen and oxygen atoms in total. The number of rotatable bonds is 2. The second kappa shape index (κ2) is 5.31. The molecular formula is C14H18BrNO2. The predicted octanol–water partition coefficient (Wildman–Crippen LogP) is 2.67. The van der Waals surface area contributed by atoms with Crippen LogP contribution in [0.15, 0.2) is 24.3 Å². The van der Waals surface area contributed by atoms with Crippen LogP contribution in [0.2, 0.25) is 0 Å². The molecule has 0 bridgehead atoms. The van der Waals surface area contributed by atoms with Gasteiger partial charge in [0.15, 0.2) is 0 Å². The number of carbonyl (C=O) groups is 1.